The lowest BCUT2D eigenvalue weighted by molar-refractivity contribution is 0.646. The minimum absolute atomic E-state index is 0.191. The summed E-state index contributed by atoms with van der Waals surface area (Å²) in [6.45, 7) is 0.422. The summed E-state index contributed by atoms with van der Waals surface area (Å²) in [6, 6.07) is 4.90. The Morgan fingerprint density at radius 2 is 2.12 bits per heavy atom. The number of benzene rings is 1. The minimum Gasteiger partial charge on any atom is -0.329 e. The van der Waals surface area contributed by atoms with Crippen LogP contribution in [0.3, 0.4) is 0 Å². The molecule has 5 nitrogen and oxygen atoms in total. The molecule has 6 heteroatoms. The first-order chi connectivity index (χ1) is 7.65. The molecular formula is C10H10ClN3O2. The number of halogens is 1. The Morgan fingerprint density at radius 1 is 1.38 bits per heavy atom. The zero-order chi connectivity index (χ0) is 11.7. The van der Waals surface area contributed by atoms with Gasteiger partial charge in [-0.3, -0.25) is 9.36 Å². The molecule has 2 rings (SSSR count). The predicted molar refractivity (Wildman–Crippen MR) is 62.9 cm³/mol. The number of para-hydroxylation sites is 1. The van der Waals surface area contributed by atoms with E-state index in [-0.39, 0.29) is 18.6 Å². The quantitative estimate of drug-likeness (QED) is 0.791. The summed E-state index contributed by atoms with van der Waals surface area (Å²) in [7, 11) is 0. The number of fused-ring (bicyclic) bond motifs is 1. The predicted octanol–water partition coefficient (Wildman–Crippen LogP) is 0.302. The summed E-state index contributed by atoms with van der Waals surface area (Å²) in [5.41, 5.74) is 4.84. The lowest BCUT2D eigenvalue weighted by Crippen LogP contribution is -2.37. The average molecular weight is 240 g/mol. The molecule has 1 aromatic carbocycles. The van der Waals surface area contributed by atoms with Gasteiger partial charge in [0.15, 0.2) is 0 Å². The third-order valence-electron chi connectivity index (χ3n) is 2.32. The second kappa shape index (κ2) is 4.11. The summed E-state index contributed by atoms with van der Waals surface area (Å²) < 4.78 is 1.07. The summed E-state index contributed by atoms with van der Waals surface area (Å²) in [4.78, 5) is 26.1. The SMILES string of the molecule is NCCn1c(=O)[nH]c2c(Cl)cccc2c1=O. The van der Waals surface area contributed by atoms with Crippen molar-refractivity contribution in [2.45, 2.75) is 6.54 Å². The van der Waals surface area contributed by atoms with Crippen molar-refractivity contribution in [3.8, 4) is 0 Å². The molecule has 0 atom stereocenters. The molecule has 0 saturated carbocycles. The largest absolute Gasteiger partial charge is 0.329 e. The van der Waals surface area contributed by atoms with E-state index in [1.165, 1.54) is 0 Å². The van der Waals surface area contributed by atoms with Crippen LogP contribution in [0.5, 0.6) is 0 Å². The molecule has 3 N–H and O–H groups in total. The Morgan fingerprint density at radius 3 is 2.81 bits per heavy atom. The molecule has 0 aliphatic carbocycles. The van der Waals surface area contributed by atoms with Gasteiger partial charge in [0.25, 0.3) is 5.56 Å². The number of nitrogens with two attached hydrogens (primary N) is 1. The van der Waals surface area contributed by atoms with Crippen molar-refractivity contribution in [2.24, 2.45) is 5.73 Å². The molecule has 0 spiro atoms. The maximum Gasteiger partial charge on any atom is 0.328 e. The zero-order valence-corrected chi connectivity index (χ0v) is 9.12. The molecule has 0 aliphatic heterocycles. The number of hydrogen-bond acceptors (Lipinski definition) is 3. The molecule has 0 radical (unpaired) electrons. The van der Waals surface area contributed by atoms with Gasteiger partial charge in [0, 0.05) is 13.1 Å². The van der Waals surface area contributed by atoms with Crippen molar-refractivity contribution in [1.82, 2.24) is 9.55 Å². The van der Waals surface area contributed by atoms with Crippen LogP contribution in [-0.4, -0.2) is 16.1 Å². The smallest absolute Gasteiger partial charge is 0.328 e. The van der Waals surface area contributed by atoms with E-state index in [4.69, 9.17) is 17.3 Å². The normalized spacial score (nSPS) is 10.9. The molecule has 2 aromatic rings. The van der Waals surface area contributed by atoms with Crippen LogP contribution in [0, 0.1) is 0 Å². The van der Waals surface area contributed by atoms with E-state index in [2.05, 4.69) is 4.98 Å². The average Bonchev–Trinajstić information content (AvgIpc) is 2.26. The number of hydrogen-bond donors (Lipinski definition) is 2. The zero-order valence-electron chi connectivity index (χ0n) is 8.37. The second-order valence-corrected chi connectivity index (χ2v) is 3.75. The topological polar surface area (TPSA) is 80.9 Å². The monoisotopic (exact) mass is 239 g/mol. The number of H-pyrrole nitrogens is 1. The van der Waals surface area contributed by atoms with Crippen molar-refractivity contribution in [2.75, 3.05) is 6.54 Å². The first-order valence-electron chi connectivity index (χ1n) is 4.76. The fourth-order valence-electron chi connectivity index (χ4n) is 1.57. The van der Waals surface area contributed by atoms with Gasteiger partial charge in [0.05, 0.1) is 15.9 Å². The van der Waals surface area contributed by atoms with E-state index in [1.54, 1.807) is 18.2 Å². The highest BCUT2D eigenvalue weighted by molar-refractivity contribution is 6.34. The van der Waals surface area contributed by atoms with Gasteiger partial charge in [-0.05, 0) is 12.1 Å². The highest BCUT2D eigenvalue weighted by Gasteiger charge is 2.08. The number of nitrogens with zero attached hydrogens (tertiary/aromatic N) is 1. The molecule has 0 aliphatic rings. The highest BCUT2D eigenvalue weighted by Crippen LogP contribution is 2.16. The van der Waals surface area contributed by atoms with Gasteiger partial charge in [-0.15, -0.1) is 0 Å². The fraction of sp³-hybridized carbons (Fsp3) is 0.200. The standard InChI is InChI=1S/C10H10ClN3O2/c11-7-3-1-2-6-8(7)13-10(16)14(5-4-12)9(6)15/h1-3H,4-5,12H2,(H,13,16). The van der Waals surface area contributed by atoms with Crippen molar-refractivity contribution in [1.29, 1.82) is 0 Å². The lowest BCUT2D eigenvalue weighted by Gasteiger charge is -2.05. The van der Waals surface area contributed by atoms with Crippen molar-refractivity contribution in [3.05, 3.63) is 44.1 Å². The van der Waals surface area contributed by atoms with E-state index >= 15 is 0 Å². The molecule has 1 aromatic heterocycles. The molecular weight excluding hydrogens is 230 g/mol. The second-order valence-electron chi connectivity index (χ2n) is 3.34. The maximum atomic E-state index is 11.9. The maximum absolute atomic E-state index is 11.9. The minimum atomic E-state index is -0.490. The molecule has 84 valence electrons. The van der Waals surface area contributed by atoms with Gasteiger partial charge in [-0.2, -0.15) is 0 Å². The van der Waals surface area contributed by atoms with Crippen LogP contribution in [0.2, 0.25) is 5.02 Å². The molecule has 1 heterocycles. The van der Waals surface area contributed by atoms with Crippen LogP contribution in [0.25, 0.3) is 10.9 Å². The molecule has 16 heavy (non-hydrogen) atoms. The summed E-state index contributed by atoms with van der Waals surface area (Å²) in [5.74, 6) is 0. The van der Waals surface area contributed by atoms with Crippen LogP contribution in [0.15, 0.2) is 27.8 Å². The summed E-state index contributed by atoms with van der Waals surface area (Å²) in [6.07, 6.45) is 0. The van der Waals surface area contributed by atoms with Gasteiger partial charge in [-0.25, -0.2) is 4.79 Å². The fourth-order valence-corrected chi connectivity index (χ4v) is 1.80. The van der Waals surface area contributed by atoms with Crippen LogP contribution in [0.1, 0.15) is 0 Å². The van der Waals surface area contributed by atoms with Crippen LogP contribution < -0.4 is 17.0 Å². The summed E-state index contributed by atoms with van der Waals surface area (Å²) >= 11 is 5.89. The first-order valence-corrected chi connectivity index (χ1v) is 5.14. The summed E-state index contributed by atoms with van der Waals surface area (Å²) in [5, 5.41) is 0.743. The van der Waals surface area contributed by atoms with Crippen molar-refractivity contribution >= 4 is 22.5 Å². The third kappa shape index (κ3) is 1.64. The van der Waals surface area contributed by atoms with Gasteiger partial charge in [0.1, 0.15) is 0 Å². The number of rotatable bonds is 2. The Bertz CT molecular complexity index is 645. The van der Waals surface area contributed by atoms with Crippen LogP contribution in [-0.2, 0) is 6.54 Å². The van der Waals surface area contributed by atoms with Crippen molar-refractivity contribution in [3.63, 3.8) is 0 Å². The van der Waals surface area contributed by atoms with E-state index in [0.717, 1.165) is 4.57 Å². The highest BCUT2D eigenvalue weighted by atomic mass is 35.5. The van der Waals surface area contributed by atoms with Crippen LogP contribution >= 0.6 is 11.6 Å². The molecule has 0 saturated heterocycles. The Hall–Kier alpha value is -1.59. The van der Waals surface area contributed by atoms with Gasteiger partial charge >= 0.3 is 5.69 Å². The Kier molecular flexibility index (Phi) is 2.80. The van der Waals surface area contributed by atoms with Gasteiger partial charge in [-0.1, -0.05) is 17.7 Å². The molecule has 0 bridgehead atoms. The number of nitrogens with one attached hydrogen (secondary N) is 1. The lowest BCUT2D eigenvalue weighted by atomic mass is 10.2. The van der Waals surface area contributed by atoms with E-state index in [0.29, 0.717) is 15.9 Å². The van der Waals surface area contributed by atoms with Crippen LogP contribution in [0.4, 0.5) is 0 Å². The Balaban J connectivity index is 2.90. The third-order valence-corrected chi connectivity index (χ3v) is 2.63. The van der Waals surface area contributed by atoms with E-state index < -0.39 is 5.69 Å². The van der Waals surface area contributed by atoms with E-state index in [1.807, 2.05) is 0 Å². The first kappa shape index (κ1) is 10.9. The number of aromatic amines is 1. The molecule has 0 unspecified atom stereocenters. The molecule has 0 fully saturated rings. The van der Waals surface area contributed by atoms with Gasteiger partial charge < -0.3 is 10.7 Å². The number of aromatic nitrogens is 2. The molecule has 0 amide bonds. The Labute approximate surface area is 95.5 Å². The van der Waals surface area contributed by atoms with E-state index in [9.17, 15) is 9.59 Å². The van der Waals surface area contributed by atoms with Crippen molar-refractivity contribution < 1.29 is 0 Å². The van der Waals surface area contributed by atoms with Gasteiger partial charge in [0.2, 0.25) is 0 Å².